The van der Waals surface area contributed by atoms with Crippen LogP contribution in [0.25, 0.3) is 6.08 Å². The number of aromatic hydroxyl groups is 1. The highest BCUT2D eigenvalue weighted by atomic mass is 16.6. The molecule has 4 fully saturated rings. The predicted molar refractivity (Wildman–Crippen MR) is 170 cm³/mol. The fraction of sp³-hybridized carbons (Fsp3) is 0.676. The molecule has 9 heteroatoms. The Morgan fingerprint density at radius 1 is 1.02 bits per heavy atom. The van der Waals surface area contributed by atoms with Crippen LogP contribution in [-0.2, 0) is 19.1 Å². The van der Waals surface area contributed by atoms with Gasteiger partial charge in [-0.25, -0.2) is 4.79 Å². The van der Waals surface area contributed by atoms with E-state index in [-0.39, 0.29) is 47.7 Å². The third-order valence-electron chi connectivity index (χ3n) is 13.6. The van der Waals surface area contributed by atoms with E-state index in [0.29, 0.717) is 30.6 Å². The molecule has 1 aromatic carbocycles. The van der Waals surface area contributed by atoms with E-state index in [2.05, 4.69) is 26.8 Å². The van der Waals surface area contributed by atoms with Crippen LogP contribution in [0.4, 0.5) is 0 Å². The molecule has 0 unspecified atom stereocenters. The van der Waals surface area contributed by atoms with Gasteiger partial charge in [-0.2, -0.15) is 0 Å². The fourth-order valence-electron chi connectivity index (χ4n) is 11.2. The van der Waals surface area contributed by atoms with Crippen molar-refractivity contribution in [1.82, 2.24) is 0 Å². The number of esters is 1. The van der Waals surface area contributed by atoms with Gasteiger partial charge in [-0.05, 0) is 91.0 Å². The average molecular weight is 639 g/mol. The Morgan fingerprint density at radius 2 is 1.76 bits per heavy atom. The van der Waals surface area contributed by atoms with Gasteiger partial charge >= 0.3 is 5.97 Å². The molecule has 12 atom stereocenters. The summed E-state index contributed by atoms with van der Waals surface area (Å²) in [4.78, 5) is 26.9. The summed E-state index contributed by atoms with van der Waals surface area (Å²) in [6, 6.07) is 4.83. The summed E-state index contributed by atoms with van der Waals surface area (Å²) in [5, 5.41) is 42.8. The highest BCUT2D eigenvalue weighted by Gasteiger charge is 2.73. The fourth-order valence-corrected chi connectivity index (χ4v) is 11.2. The first-order chi connectivity index (χ1) is 21.6. The van der Waals surface area contributed by atoms with E-state index in [9.17, 15) is 30.0 Å². The zero-order valence-electron chi connectivity index (χ0n) is 27.8. The Kier molecular flexibility index (Phi) is 8.27. The number of methoxy groups -OCH3 is 1. The molecule has 0 amide bonds. The molecule has 0 aromatic heterocycles. The lowest BCUT2D eigenvalue weighted by atomic mass is 9.36. The minimum Gasteiger partial charge on any atom is -0.504 e. The number of aliphatic hydroxyl groups is 3. The SMILES string of the molecule is COc1cc(C=CC(=O)O[C@@H]2C[C@H]3C(C)(C)C(=O)C=C[C@]3(C)[C@H]3C[C@H](O)[C@]4(C)[C@@H](CC[C@H]4[C@@H]4C[C@H](CO)O[C@@H]4O)[C@@]32C)ccc1O. The van der Waals surface area contributed by atoms with Gasteiger partial charge in [0.25, 0.3) is 0 Å². The van der Waals surface area contributed by atoms with Crippen molar-refractivity contribution < 1.29 is 44.2 Å². The summed E-state index contributed by atoms with van der Waals surface area (Å²) < 4.78 is 17.4. The summed E-state index contributed by atoms with van der Waals surface area (Å²) in [6.07, 6.45) is 7.27. The van der Waals surface area contributed by atoms with Gasteiger partial charge in [0.15, 0.2) is 23.6 Å². The molecule has 46 heavy (non-hydrogen) atoms. The highest BCUT2D eigenvalue weighted by molar-refractivity contribution is 5.95. The molecule has 6 rings (SSSR count). The monoisotopic (exact) mass is 638 g/mol. The second-order valence-corrected chi connectivity index (χ2v) is 15.8. The lowest BCUT2D eigenvalue weighted by molar-refractivity contribution is -0.250. The number of ketones is 1. The molecule has 252 valence electrons. The number of phenols is 1. The van der Waals surface area contributed by atoms with Gasteiger partial charge in [0.2, 0.25) is 0 Å². The number of hydrogen-bond acceptors (Lipinski definition) is 9. The molecule has 1 aliphatic heterocycles. The van der Waals surface area contributed by atoms with Crippen molar-refractivity contribution in [3.63, 3.8) is 0 Å². The van der Waals surface area contributed by atoms with Gasteiger partial charge in [-0.3, -0.25) is 4.79 Å². The van der Waals surface area contributed by atoms with E-state index >= 15 is 0 Å². The number of carbonyl (C=O) groups is 2. The first kappa shape index (κ1) is 33.2. The van der Waals surface area contributed by atoms with E-state index in [0.717, 1.165) is 12.8 Å². The number of carbonyl (C=O) groups excluding carboxylic acids is 2. The van der Waals surface area contributed by atoms with E-state index in [1.54, 1.807) is 24.3 Å². The maximum absolute atomic E-state index is 13.6. The summed E-state index contributed by atoms with van der Waals surface area (Å²) in [5.74, 6) is -0.609. The van der Waals surface area contributed by atoms with Crippen molar-refractivity contribution >= 4 is 17.8 Å². The summed E-state index contributed by atoms with van der Waals surface area (Å²) in [6.45, 7) is 10.4. The van der Waals surface area contributed by atoms with E-state index in [1.807, 2.05) is 13.8 Å². The van der Waals surface area contributed by atoms with Crippen LogP contribution in [0.5, 0.6) is 11.5 Å². The van der Waals surface area contributed by atoms with Crippen LogP contribution < -0.4 is 4.74 Å². The van der Waals surface area contributed by atoms with Gasteiger partial charge in [0.1, 0.15) is 6.10 Å². The van der Waals surface area contributed by atoms with E-state index in [1.165, 1.54) is 19.3 Å². The van der Waals surface area contributed by atoms with Crippen molar-refractivity contribution in [2.45, 2.75) is 91.3 Å². The molecule has 0 bridgehead atoms. The van der Waals surface area contributed by atoms with Crippen LogP contribution >= 0.6 is 0 Å². The van der Waals surface area contributed by atoms with E-state index in [4.69, 9.17) is 14.2 Å². The molecule has 3 saturated carbocycles. The van der Waals surface area contributed by atoms with Crippen molar-refractivity contribution in [2.24, 2.45) is 51.2 Å². The number of benzene rings is 1. The number of allylic oxidation sites excluding steroid dienone is 2. The number of phenolic OH excluding ortho intramolecular Hbond substituents is 1. The third-order valence-corrected chi connectivity index (χ3v) is 13.6. The van der Waals surface area contributed by atoms with Gasteiger partial charge in [0.05, 0.1) is 25.9 Å². The Labute approximate surface area is 271 Å². The minimum absolute atomic E-state index is 0.00566. The molecule has 0 radical (unpaired) electrons. The molecular formula is C37H50O9. The first-order valence-corrected chi connectivity index (χ1v) is 16.7. The van der Waals surface area contributed by atoms with Crippen molar-refractivity contribution in [1.29, 1.82) is 0 Å². The molecule has 1 aromatic rings. The van der Waals surface area contributed by atoms with Gasteiger partial charge < -0.3 is 34.6 Å². The third kappa shape index (κ3) is 4.79. The second-order valence-electron chi connectivity index (χ2n) is 15.8. The minimum atomic E-state index is -1.01. The quantitative estimate of drug-likeness (QED) is 0.259. The second kappa shape index (κ2) is 11.5. The van der Waals surface area contributed by atoms with Crippen LogP contribution in [0.2, 0.25) is 0 Å². The molecule has 1 heterocycles. The van der Waals surface area contributed by atoms with Crippen molar-refractivity contribution in [2.75, 3.05) is 13.7 Å². The van der Waals surface area contributed by atoms with Crippen molar-refractivity contribution in [3.05, 3.63) is 42.0 Å². The summed E-state index contributed by atoms with van der Waals surface area (Å²) in [5.41, 5.74) is -1.54. The Balaban J connectivity index is 1.38. The van der Waals surface area contributed by atoms with Crippen molar-refractivity contribution in [3.8, 4) is 11.5 Å². The largest absolute Gasteiger partial charge is 0.504 e. The predicted octanol–water partition coefficient (Wildman–Crippen LogP) is 4.65. The zero-order valence-corrected chi connectivity index (χ0v) is 27.8. The molecule has 4 N–H and O–H groups in total. The molecular weight excluding hydrogens is 588 g/mol. The number of rotatable bonds is 6. The van der Waals surface area contributed by atoms with E-state index < -0.39 is 52.2 Å². The summed E-state index contributed by atoms with van der Waals surface area (Å²) in [7, 11) is 1.46. The summed E-state index contributed by atoms with van der Waals surface area (Å²) >= 11 is 0. The lowest BCUT2D eigenvalue weighted by Gasteiger charge is -2.69. The van der Waals surface area contributed by atoms with Crippen LogP contribution in [0, 0.1) is 51.2 Å². The Bertz CT molecular complexity index is 1430. The smallest absolute Gasteiger partial charge is 0.331 e. The number of ether oxygens (including phenoxy) is 3. The maximum atomic E-state index is 13.6. The number of aliphatic hydroxyl groups excluding tert-OH is 3. The number of fused-ring (bicyclic) bond motifs is 5. The zero-order chi connectivity index (χ0) is 33.4. The Morgan fingerprint density at radius 3 is 2.43 bits per heavy atom. The number of hydrogen-bond donors (Lipinski definition) is 4. The molecule has 0 spiro atoms. The van der Waals surface area contributed by atoms with Gasteiger partial charge in [-0.15, -0.1) is 0 Å². The normalized spacial score (nSPS) is 44.5. The maximum Gasteiger partial charge on any atom is 0.331 e. The molecule has 4 aliphatic carbocycles. The topological polar surface area (TPSA) is 143 Å². The van der Waals surface area contributed by atoms with Crippen LogP contribution in [-0.4, -0.2) is 70.5 Å². The molecule has 5 aliphatic rings. The molecule has 9 nitrogen and oxygen atoms in total. The Hall–Kier alpha value is -2.72. The van der Waals surface area contributed by atoms with Gasteiger partial charge in [0, 0.05) is 28.2 Å². The van der Waals surface area contributed by atoms with Crippen LogP contribution in [0.15, 0.2) is 36.4 Å². The standard InChI is InChI=1S/C37H50O9/c1-34(2)27-18-31(46-32(42)12-8-20-7-10-24(39)25(15-20)44-6)37(5)26-11-9-23(22-16-21(19-38)45-33(22)43)36(26,4)30(41)17-28(37)35(27,3)14-13-29(34)40/h7-8,10,12-15,21-23,26-28,30-31,33,38-39,41,43H,9,11,16-19H2,1-6H3/t21-,22+,23+,26-,27+,28-,30+,31-,33+,35+,36+,37+/m1/s1. The van der Waals surface area contributed by atoms with Crippen LogP contribution in [0.1, 0.15) is 72.3 Å². The lowest BCUT2D eigenvalue weighted by Crippen LogP contribution is -2.69. The van der Waals surface area contributed by atoms with Gasteiger partial charge in [-0.1, -0.05) is 46.8 Å². The first-order valence-electron chi connectivity index (χ1n) is 16.7. The van der Waals surface area contributed by atoms with Crippen LogP contribution in [0.3, 0.4) is 0 Å². The average Bonchev–Trinajstić information content (AvgIpc) is 3.57. The molecule has 1 saturated heterocycles. The highest BCUT2D eigenvalue weighted by Crippen LogP contribution is 2.74.